The number of phenols is 1. The number of carboxylic acids is 1. The second kappa shape index (κ2) is 21.8. The summed E-state index contributed by atoms with van der Waals surface area (Å²) >= 11 is 0. The second-order valence-electron chi connectivity index (χ2n) is 11.2. The van der Waals surface area contributed by atoms with Crippen LogP contribution in [0.1, 0.15) is 125 Å². The molecule has 2 rings (SSSR count). The highest BCUT2D eigenvalue weighted by molar-refractivity contribution is 5.92. The monoisotopic (exact) mass is 556 g/mol. The van der Waals surface area contributed by atoms with Crippen molar-refractivity contribution in [2.45, 2.75) is 105 Å². The van der Waals surface area contributed by atoms with Crippen LogP contribution >= 0.6 is 0 Å². The first kappa shape index (κ1) is 35.0. The molecule has 0 saturated carbocycles. The van der Waals surface area contributed by atoms with E-state index in [2.05, 4.69) is 27.7 Å². The second-order valence-corrected chi connectivity index (χ2v) is 11.2. The van der Waals surface area contributed by atoms with Crippen LogP contribution in [0.5, 0.6) is 11.5 Å². The number of unbranched alkanes of at least 4 members (excludes halogenated alkanes) is 8. The average molecular weight is 557 g/mol. The summed E-state index contributed by atoms with van der Waals surface area (Å²) in [6, 6.07) is 13.3. The third-order valence-electron chi connectivity index (χ3n) is 6.58. The van der Waals surface area contributed by atoms with E-state index in [-0.39, 0.29) is 16.9 Å². The van der Waals surface area contributed by atoms with Gasteiger partial charge in [-0.15, -0.1) is 0 Å². The average Bonchev–Trinajstić information content (AvgIpc) is 2.92. The van der Waals surface area contributed by atoms with Crippen LogP contribution in [0.2, 0.25) is 0 Å². The number of aromatic carboxylic acids is 1. The Hall–Kier alpha value is -3.02. The Bertz CT molecular complexity index is 953. The Balaban J connectivity index is 0.000000400. The van der Waals surface area contributed by atoms with Crippen molar-refractivity contribution in [2.75, 3.05) is 13.2 Å². The molecule has 2 N–H and O–H groups in total. The highest BCUT2D eigenvalue weighted by Crippen LogP contribution is 2.19. The van der Waals surface area contributed by atoms with Gasteiger partial charge < -0.3 is 19.7 Å². The van der Waals surface area contributed by atoms with Gasteiger partial charge in [-0.05, 0) is 48.9 Å². The number of carbonyl (C=O) groups is 2. The zero-order valence-electron chi connectivity index (χ0n) is 25.2. The Kier molecular flexibility index (Phi) is 19.0. The molecule has 0 aliphatic heterocycles. The van der Waals surface area contributed by atoms with Crippen LogP contribution in [0.15, 0.2) is 48.5 Å². The zero-order chi connectivity index (χ0) is 29.6. The number of hydrogen-bond donors (Lipinski definition) is 2. The van der Waals surface area contributed by atoms with Gasteiger partial charge in [0.25, 0.3) is 0 Å². The fraction of sp³-hybridized carbons (Fsp3) is 0.588. The standard InChI is InChI=1S/2C17H26O3/c1-14(2)10-6-4-3-5-9-13-20-16-12-8-7-11-15(16)17(18)19;1-14(2)10-6-4-3-5-9-13-20-17(19)15-11-7-8-12-16(15)18/h7-8,11-12,14H,3-6,9-10,13H2,1-2H3,(H,18,19);7-8,11-12,14,18H,3-6,9-10,13H2,1-2H3. The maximum absolute atomic E-state index is 11.7. The number of carbonyl (C=O) groups excluding carboxylic acids is 1. The van der Waals surface area contributed by atoms with Gasteiger partial charge in [0.1, 0.15) is 22.6 Å². The number of aromatic hydroxyl groups is 1. The first-order valence-corrected chi connectivity index (χ1v) is 15.1. The summed E-state index contributed by atoms with van der Waals surface area (Å²) in [5, 5.41) is 18.6. The summed E-state index contributed by atoms with van der Waals surface area (Å²) in [6.07, 6.45) is 14.3. The first-order valence-electron chi connectivity index (χ1n) is 15.1. The predicted octanol–water partition coefficient (Wildman–Crippen LogP) is 9.31. The summed E-state index contributed by atoms with van der Waals surface area (Å²) in [5.74, 6) is 0.656. The number of esters is 1. The number of para-hydroxylation sites is 2. The molecule has 0 aliphatic rings. The lowest BCUT2D eigenvalue weighted by molar-refractivity contribution is 0.0494. The number of ether oxygens (including phenoxy) is 2. The van der Waals surface area contributed by atoms with E-state index in [0.29, 0.717) is 19.0 Å². The van der Waals surface area contributed by atoms with Crippen molar-refractivity contribution in [3.8, 4) is 11.5 Å². The van der Waals surface area contributed by atoms with Crippen molar-refractivity contribution >= 4 is 11.9 Å². The van der Waals surface area contributed by atoms with E-state index in [1.54, 1.807) is 42.5 Å². The van der Waals surface area contributed by atoms with E-state index >= 15 is 0 Å². The van der Waals surface area contributed by atoms with E-state index in [1.165, 1.54) is 57.4 Å². The fourth-order valence-electron chi connectivity index (χ4n) is 4.21. The van der Waals surface area contributed by atoms with Crippen molar-refractivity contribution in [3.63, 3.8) is 0 Å². The number of benzene rings is 2. The molecule has 2 aromatic carbocycles. The summed E-state index contributed by atoms with van der Waals surface area (Å²) < 4.78 is 10.7. The van der Waals surface area contributed by atoms with Crippen molar-refractivity contribution in [2.24, 2.45) is 11.8 Å². The minimum absolute atomic E-state index is 0.0221. The van der Waals surface area contributed by atoms with Crippen LogP contribution in [0.4, 0.5) is 0 Å². The van der Waals surface area contributed by atoms with Gasteiger partial charge in [0.05, 0.1) is 13.2 Å². The van der Waals surface area contributed by atoms with Crippen LogP contribution in [-0.2, 0) is 4.74 Å². The lowest BCUT2D eigenvalue weighted by Gasteiger charge is -2.09. The van der Waals surface area contributed by atoms with Crippen molar-refractivity contribution in [3.05, 3.63) is 59.7 Å². The van der Waals surface area contributed by atoms with Gasteiger partial charge >= 0.3 is 11.9 Å². The van der Waals surface area contributed by atoms with E-state index in [1.807, 2.05) is 0 Å². The molecular formula is C34H52O6. The Morgan fingerprint density at radius 1 is 0.650 bits per heavy atom. The number of phenolic OH excluding ortho intramolecular Hbond substituents is 1. The highest BCUT2D eigenvalue weighted by Gasteiger charge is 2.11. The molecular weight excluding hydrogens is 504 g/mol. The maximum atomic E-state index is 11.7. The van der Waals surface area contributed by atoms with Crippen molar-refractivity contribution < 1.29 is 29.3 Å². The van der Waals surface area contributed by atoms with E-state index < -0.39 is 11.9 Å². The fourth-order valence-corrected chi connectivity index (χ4v) is 4.21. The minimum atomic E-state index is -0.936. The lowest BCUT2D eigenvalue weighted by atomic mass is 10.0. The summed E-state index contributed by atoms with van der Waals surface area (Å²) in [6.45, 7) is 10.0. The number of carboxylic acid groups (broad SMARTS) is 1. The molecule has 0 radical (unpaired) electrons. The topological polar surface area (TPSA) is 93.1 Å². The Labute approximate surface area is 242 Å². The van der Waals surface area contributed by atoms with Gasteiger partial charge in [0.15, 0.2) is 0 Å². The van der Waals surface area contributed by atoms with E-state index in [9.17, 15) is 14.7 Å². The molecule has 40 heavy (non-hydrogen) atoms. The third kappa shape index (κ3) is 16.8. The van der Waals surface area contributed by atoms with Gasteiger partial charge in [0.2, 0.25) is 0 Å². The quantitative estimate of drug-likeness (QED) is 0.132. The van der Waals surface area contributed by atoms with E-state index in [4.69, 9.17) is 14.6 Å². The smallest absolute Gasteiger partial charge is 0.341 e. The van der Waals surface area contributed by atoms with Gasteiger partial charge in [-0.3, -0.25) is 0 Å². The van der Waals surface area contributed by atoms with Crippen LogP contribution in [0.25, 0.3) is 0 Å². The largest absolute Gasteiger partial charge is 0.507 e. The highest BCUT2D eigenvalue weighted by atomic mass is 16.5. The first-order chi connectivity index (χ1) is 19.2. The molecule has 0 bridgehead atoms. The zero-order valence-corrected chi connectivity index (χ0v) is 25.2. The van der Waals surface area contributed by atoms with E-state index in [0.717, 1.165) is 37.5 Å². The van der Waals surface area contributed by atoms with Crippen LogP contribution in [-0.4, -0.2) is 35.4 Å². The molecule has 0 aromatic heterocycles. The molecule has 224 valence electrons. The molecule has 6 heteroatoms. The predicted molar refractivity (Wildman–Crippen MR) is 162 cm³/mol. The molecule has 6 nitrogen and oxygen atoms in total. The summed E-state index contributed by atoms with van der Waals surface area (Å²) in [7, 11) is 0. The molecule has 0 atom stereocenters. The summed E-state index contributed by atoms with van der Waals surface area (Å²) in [5.41, 5.74) is 0.480. The normalized spacial score (nSPS) is 10.8. The summed E-state index contributed by atoms with van der Waals surface area (Å²) in [4.78, 5) is 22.7. The molecule has 0 heterocycles. The van der Waals surface area contributed by atoms with Gasteiger partial charge in [-0.25, -0.2) is 9.59 Å². The van der Waals surface area contributed by atoms with Crippen LogP contribution < -0.4 is 4.74 Å². The van der Waals surface area contributed by atoms with Gasteiger partial charge in [0, 0.05) is 0 Å². The molecule has 0 saturated heterocycles. The van der Waals surface area contributed by atoms with Gasteiger partial charge in [-0.2, -0.15) is 0 Å². The lowest BCUT2D eigenvalue weighted by Crippen LogP contribution is -2.06. The molecule has 0 fully saturated rings. The van der Waals surface area contributed by atoms with Crippen LogP contribution in [0, 0.1) is 11.8 Å². The molecule has 0 spiro atoms. The molecule has 2 aromatic rings. The van der Waals surface area contributed by atoms with Crippen molar-refractivity contribution in [1.29, 1.82) is 0 Å². The molecule has 0 unspecified atom stereocenters. The SMILES string of the molecule is CC(C)CCCCCCCOC(=O)c1ccccc1O.CC(C)CCCCCCCOc1ccccc1C(=O)O. The molecule has 0 amide bonds. The maximum Gasteiger partial charge on any atom is 0.341 e. The van der Waals surface area contributed by atoms with Crippen molar-refractivity contribution in [1.82, 2.24) is 0 Å². The number of hydrogen-bond acceptors (Lipinski definition) is 5. The third-order valence-corrected chi connectivity index (χ3v) is 6.58. The van der Waals surface area contributed by atoms with Gasteiger partial charge in [-0.1, -0.05) is 116 Å². The Morgan fingerprint density at radius 3 is 1.68 bits per heavy atom. The van der Waals surface area contributed by atoms with Crippen LogP contribution in [0.3, 0.4) is 0 Å². The molecule has 0 aliphatic carbocycles. The number of rotatable bonds is 19. The Morgan fingerprint density at radius 2 is 1.12 bits per heavy atom. The minimum Gasteiger partial charge on any atom is -0.507 e.